The molecule has 0 aromatic heterocycles. The molecular formula is C7H12O2. The summed E-state index contributed by atoms with van der Waals surface area (Å²) in [5.74, 6) is 0. The molecule has 0 bridgehead atoms. The van der Waals surface area contributed by atoms with Crippen LogP contribution >= 0.6 is 0 Å². The van der Waals surface area contributed by atoms with E-state index in [2.05, 4.69) is 0 Å². The van der Waals surface area contributed by atoms with Crippen molar-refractivity contribution in [1.29, 1.82) is 0 Å². The van der Waals surface area contributed by atoms with Crippen molar-refractivity contribution in [2.75, 3.05) is 13.2 Å². The van der Waals surface area contributed by atoms with Gasteiger partial charge in [-0.15, -0.1) is 0 Å². The molecule has 0 saturated heterocycles. The van der Waals surface area contributed by atoms with Crippen LogP contribution in [0.4, 0.5) is 0 Å². The monoisotopic (exact) mass is 128 g/mol. The summed E-state index contributed by atoms with van der Waals surface area (Å²) in [4.78, 5) is 0. The Hall–Kier alpha value is -0.340. The third-order valence-corrected chi connectivity index (χ3v) is 1.91. The van der Waals surface area contributed by atoms with E-state index in [-0.39, 0.29) is 18.6 Å². The van der Waals surface area contributed by atoms with Crippen molar-refractivity contribution in [3.63, 3.8) is 0 Å². The van der Waals surface area contributed by atoms with Crippen molar-refractivity contribution < 1.29 is 10.2 Å². The Morgan fingerprint density at radius 2 is 2.00 bits per heavy atom. The van der Waals surface area contributed by atoms with E-state index in [1.807, 2.05) is 12.2 Å². The second-order valence-corrected chi connectivity index (χ2v) is 2.62. The van der Waals surface area contributed by atoms with Crippen LogP contribution in [0.5, 0.6) is 0 Å². The Bertz CT molecular complexity index is 114. The van der Waals surface area contributed by atoms with Crippen LogP contribution in [0.25, 0.3) is 0 Å². The van der Waals surface area contributed by atoms with Crippen molar-refractivity contribution in [3.8, 4) is 0 Å². The highest BCUT2D eigenvalue weighted by Crippen LogP contribution is 2.30. The minimum atomic E-state index is -0.292. The standard InChI is InChI=1S/C7H12O2/c8-5-7(6-9)3-1-2-4-7/h1,3,8-9H,2,4-6H2. The number of aliphatic hydroxyl groups excluding tert-OH is 2. The molecule has 2 N–H and O–H groups in total. The molecular weight excluding hydrogens is 116 g/mol. The lowest BCUT2D eigenvalue weighted by Gasteiger charge is -2.20. The van der Waals surface area contributed by atoms with Gasteiger partial charge in [0.05, 0.1) is 13.2 Å². The van der Waals surface area contributed by atoms with E-state index in [1.165, 1.54) is 0 Å². The molecule has 0 aromatic carbocycles. The maximum Gasteiger partial charge on any atom is 0.0544 e. The van der Waals surface area contributed by atoms with E-state index in [9.17, 15) is 0 Å². The van der Waals surface area contributed by atoms with Crippen LogP contribution in [0.2, 0.25) is 0 Å². The van der Waals surface area contributed by atoms with E-state index in [1.54, 1.807) is 0 Å². The van der Waals surface area contributed by atoms with Gasteiger partial charge in [-0.2, -0.15) is 0 Å². The lowest BCUT2D eigenvalue weighted by molar-refractivity contribution is 0.0935. The zero-order valence-corrected chi connectivity index (χ0v) is 5.38. The SMILES string of the molecule is OCC1(CO)C=CCC1. The Morgan fingerprint density at radius 3 is 2.22 bits per heavy atom. The molecule has 0 amide bonds. The molecule has 52 valence electrons. The smallest absolute Gasteiger partial charge is 0.0544 e. The van der Waals surface area contributed by atoms with Crippen LogP contribution < -0.4 is 0 Å². The fraction of sp³-hybridized carbons (Fsp3) is 0.714. The minimum Gasteiger partial charge on any atom is -0.395 e. The first kappa shape index (κ1) is 6.78. The zero-order chi connectivity index (χ0) is 6.74. The summed E-state index contributed by atoms with van der Waals surface area (Å²) in [6.45, 7) is 0.139. The van der Waals surface area contributed by atoms with Gasteiger partial charge in [-0.1, -0.05) is 12.2 Å². The van der Waals surface area contributed by atoms with Gasteiger partial charge in [0.15, 0.2) is 0 Å². The summed E-state index contributed by atoms with van der Waals surface area (Å²) in [5.41, 5.74) is -0.292. The Morgan fingerprint density at radius 1 is 1.33 bits per heavy atom. The van der Waals surface area contributed by atoms with Gasteiger partial charge in [0, 0.05) is 5.41 Å². The summed E-state index contributed by atoms with van der Waals surface area (Å²) in [6, 6.07) is 0. The molecule has 0 heterocycles. The van der Waals surface area contributed by atoms with E-state index in [0.29, 0.717) is 0 Å². The molecule has 1 aliphatic carbocycles. The quantitative estimate of drug-likeness (QED) is 0.525. The maximum atomic E-state index is 8.81. The van der Waals surface area contributed by atoms with Gasteiger partial charge in [0.1, 0.15) is 0 Å². The molecule has 9 heavy (non-hydrogen) atoms. The van der Waals surface area contributed by atoms with Crippen molar-refractivity contribution in [3.05, 3.63) is 12.2 Å². The Labute approximate surface area is 54.8 Å². The Kier molecular flexibility index (Phi) is 1.88. The van der Waals surface area contributed by atoms with Gasteiger partial charge < -0.3 is 10.2 Å². The van der Waals surface area contributed by atoms with Crippen molar-refractivity contribution in [2.24, 2.45) is 5.41 Å². The molecule has 2 nitrogen and oxygen atoms in total. The van der Waals surface area contributed by atoms with E-state index in [4.69, 9.17) is 10.2 Å². The maximum absolute atomic E-state index is 8.81. The van der Waals surface area contributed by atoms with E-state index in [0.717, 1.165) is 12.8 Å². The summed E-state index contributed by atoms with van der Waals surface area (Å²) in [6.07, 6.45) is 5.79. The van der Waals surface area contributed by atoms with Gasteiger partial charge in [-0.05, 0) is 12.8 Å². The normalized spacial score (nSPS) is 22.9. The predicted octanol–water partition coefficient (Wildman–Crippen LogP) is 0.307. The first-order chi connectivity index (χ1) is 4.33. The Balaban J connectivity index is 2.57. The largest absolute Gasteiger partial charge is 0.395 e. The molecule has 0 saturated carbocycles. The zero-order valence-electron chi connectivity index (χ0n) is 5.38. The fourth-order valence-electron chi connectivity index (χ4n) is 1.10. The fourth-order valence-corrected chi connectivity index (χ4v) is 1.10. The molecule has 0 aliphatic heterocycles. The number of hydrogen-bond donors (Lipinski definition) is 2. The number of rotatable bonds is 2. The van der Waals surface area contributed by atoms with Crippen LogP contribution in [0.3, 0.4) is 0 Å². The topological polar surface area (TPSA) is 40.5 Å². The molecule has 2 heteroatoms. The highest BCUT2D eigenvalue weighted by Gasteiger charge is 2.27. The first-order valence-corrected chi connectivity index (χ1v) is 3.22. The first-order valence-electron chi connectivity index (χ1n) is 3.22. The molecule has 0 fully saturated rings. The lowest BCUT2D eigenvalue weighted by Crippen LogP contribution is -2.24. The van der Waals surface area contributed by atoms with Crippen molar-refractivity contribution in [2.45, 2.75) is 12.8 Å². The van der Waals surface area contributed by atoms with Crippen molar-refractivity contribution in [1.82, 2.24) is 0 Å². The number of hydrogen-bond acceptors (Lipinski definition) is 2. The van der Waals surface area contributed by atoms with Crippen LogP contribution in [0.1, 0.15) is 12.8 Å². The molecule has 0 aromatic rings. The van der Waals surface area contributed by atoms with Gasteiger partial charge in [-0.3, -0.25) is 0 Å². The number of allylic oxidation sites excluding steroid dienone is 1. The second-order valence-electron chi connectivity index (χ2n) is 2.62. The van der Waals surface area contributed by atoms with Gasteiger partial charge in [0.25, 0.3) is 0 Å². The third-order valence-electron chi connectivity index (χ3n) is 1.91. The average Bonchev–Trinajstić information content (AvgIpc) is 2.36. The van der Waals surface area contributed by atoms with Gasteiger partial charge in [0.2, 0.25) is 0 Å². The van der Waals surface area contributed by atoms with Crippen LogP contribution in [-0.2, 0) is 0 Å². The van der Waals surface area contributed by atoms with Gasteiger partial charge >= 0.3 is 0 Å². The second kappa shape index (κ2) is 2.50. The summed E-state index contributed by atoms with van der Waals surface area (Å²) >= 11 is 0. The summed E-state index contributed by atoms with van der Waals surface area (Å²) in [7, 11) is 0. The summed E-state index contributed by atoms with van der Waals surface area (Å²) in [5, 5.41) is 17.6. The molecule has 0 unspecified atom stereocenters. The molecule has 1 rings (SSSR count). The summed E-state index contributed by atoms with van der Waals surface area (Å²) < 4.78 is 0. The minimum absolute atomic E-state index is 0.0694. The molecule has 0 spiro atoms. The molecule has 0 atom stereocenters. The van der Waals surface area contributed by atoms with Crippen LogP contribution in [0.15, 0.2) is 12.2 Å². The van der Waals surface area contributed by atoms with Crippen LogP contribution in [0, 0.1) is 5.41 Å². The highest BCUT2D eigenvalue weighted by molar-refractivity contribution is 5.06. The predicted molar refractivity (Wildman–Crippen MR) is 35.0 cm³/mol. The van der Waals surface area contributed by atoms with Gasteiger partial charge in [-0.25, -0.2) is 0 Å². The van der Waals surface area contributed by atoms with Crippen LogP contribution in [-0.4, -0.2) is 23.4 Å². The van der Waals surface area contributed by atoms with Crippen molar-refractivity contribution >= 4 is 0 Å². The highest BCUT2D eigenvalue weighted by atomic mass is 16.3. The van der Waals surface area contributed by atoms with E-state index >= 15 is 0 Å². The molecule has 1 aliphatic rings. The average molecular weight is 128 g/mol. The third kappa shape index (κ3) is 1.14. The lowest BCUT2D eigenvalue weighted by atomic mass is 9.90. The van der Waals surface area contributed by atoms with E-state index < -0.39 is 0 Å². The molecule has 0 radical (unpaired) electrons. The number of aliphatic hydroxyl groups is 2.